The summed E-state index contributed by atoms with van der Waals surface area (Å²) in [6.07, 6.45) is 6.08. The van der Waals surface area contributed by atoms with Crippen LogP contribution in [0.15, 0.2) is 54.7 Å². The molecule has 1 aliphatic carbocycles. The number of aromatic nitrogens is 2. The van der Waals surface area contributed by atoms with E-state index in [1.807, 2.05) is 36.4 Å². The van der Waals surface area contributed by atoms with Crippen LogP contribution < -0.4 is 5.73 Å². The highest BCUT2D eigenvalue weighted by molar-refractivity contribution is 5.99. The fraction of sp³-hybridized carbons (Fsp3) is 0.192. The number of pyridine rings is 1. The molecule has 0 fully saturated rings. The number of fused-ring (bicyclic) bond motifs is 2. The van der Waals surface area contributed by atoms with Gasteiger partial charge in [0.05, 0.1) is 11.6 Å². The third kappa shape index (κ3) is 3.12. The second-order valence-electron chi connectivity index (χ2n) is 7.95. The molecular weight excluding hydrogens is 382 g/mol. The maximum Gasteiger partial charge on any atom is 0.142 e. The largest absolute Gasteiger partial charge is 0.383 e. The Hall–Kier alpha value is -4.09. The first kappa shape index (κ1) is 18.9. The zero-order chi connectivity index (χ0) is 21.4. The number of nitrogens with zero attached hydrogens (tertiary/aromatic N) is 4. The van der Waals surface area contributed by atoms with Crippen LogP contribution in [-0.4, -0.2) is 9.55 Å². The summed E-state index contributed by atoms with van der Waals surface area (Å²) < 4.78 is 2.16. The van der Waals surface area contributed by atoms with Crippen molar-refractivity contribution >= 4 is 16.7 Å². The highest BCUT2D eigenvalue weighted by Gasteiger charge is 2.24. The lowest BCUT2D eigenvalue weighted by Gasteiger charge is -2.20. The number of benzene rings is 2. The molecule has 150 valence electrons. The number of nitrogens with two attached hydrogens (primary N) is 1. The second-order valence-corrected chi connectivity index (χ2v) is 7.95. The first-order valence-corrected chi connectivity index (χ1v) is 10.5. The molecule has 2 aromatic heterocycles. The van der Waals surface area contributed by atoms with E-state index >= 15 is 0 Å². The summed E-state index contributed by atoms with van der Waals surface area (Å²) in [6.45, 7) is 0.578. The Bertz CT molecular complexity index is 1400. The number of aryl methyl sites for hydroxylation is 1. The quantitative estimate of drug-likeness (QED) is 0.523. The molecule has 2 N–H and O–H groups in total. The van der Waals surface area contributed by atoms with Crippen molar-refractivity contribution in [1.82, 2.24) is 9.55 Å². The van der Waals surface area contributed by atoms with Gasteiger partial charge in [0.2, 0.25) is 0 Å². The minimum atomic E-state index is 0.310. The Morgan fingerprint density at radius 1 is 0.968 bits per heavy atom. The Morgan fingerprint density at radius 2 is 1.74 bits per heavy atom. The van der Waals surface area contributed by atoms with Gasteiger partial charge >= 0.3 is 0 Å². The van der Waals surface area contributed by atoms with Crippen LogP contribution in [0.1, 0.15) is 40.8 Å². The Kier molecular flexibility index (Phi) is 4.65. The van der Waals surface area contributed by atoms with E-state index in [1.54, 1.807) is 0 Å². The lowest BCUT2D eigenvalue weighted by molar-refractivity contribution is 0.670. The zero-order valence-corrected chi connectivity index (χ0v) is 17.1. The maximum absolute atomic E-state index is 9.93. The van der Waals surface area contributed by atoms with Crippen molar-refractivity contribution in [3.63, 3.8) is 0 Å². The van der Waals surface area contributed by atoms with Crippen molar-refractivity contribution in [3.8, 4) is 23.3 Å². The van der Waals surface area contributed by atoms with Crippen LogP contribution in [0.2, 0.25) is 0 Å². The van der Waals surface area contributed by atoms with Gasteiger partial charge in [-0.05, 0) is 48.9 Å². The van der Waals surface area contributed by atoms with Gasteiger partial charge in [0.25, 0.3) is 0 Å². The van der Waals surface area contributed by atoms with Gasteiger partial charge in [-0.1, -0.05) is 36.4 Å². The molecule has 0 radical (unpaired) electrons. The molecule has 0 amide bonds. The van der Waals surface area contributed by atoms with Crippen LogP contribution in [-0.2, 0) is 19.4 Å². The van der Waals surface area contributed by atoms with Gasteiger partial charge in [0.15, 0.2) is 0 Å². The van der Waals surface area contributed by atoms with E-state index in [0.29, 0.717) is 23.5 Å². The lowest BCUT2D eigenvalue weighted by atomic mass is 9.86. The Morgan fingerprint density at radius 3 is 2.58 bits per heavy atom. The number of rotatable bonds is 3. The topological polar surface area (TPSA) is 91.4 Å². The highest BCUT2D eigenvalue weighted by atomic mass is 15.0. The van der Waals surface area contributed by atoms with Gasteiger partial charge in [0.1, 0.15) is 17.5 Å². The van der Waals surface area contributed by atoms with E-state index in [1.165, 1.54) is 0 Å². The maximum atomic E-state index is 9.93. The first-order valence-electron chi connectivity index (χ1n) is 10.5. The SMILES string of the molecule is N#Cc1ccccc1Cn1cc(-c2c(C#N)c(N)nc3c2CCCC3)c2ccccc21. The van der Waals surface area contributed by atoms with Crippen molar-refractivity contribution in [2.24, 2.45) is 0 Å². The molecule has 0 saturated heterocycles. The predicted molar refractivity (Wildman–Crippen MR) is 121 cm³/mol. The summed E-state index contributed by atoms with van der Waals surface area (Å²) in [5.41, 5.74) is 13.5. The van der Waals surface area contributed by atoms with Crippen molar-refractivity contribution in [3.05, 3.63) is 82.7 Å². The third-order valence-corrected chi connectivity index (χ3v) is 6.15. The summed E-state index contributed by atoms with van der Waals surface area (Å²) >= 11 is 0. The lowest BCUT2D eigenvalue weighted by Crippen LogP contribution is -2.11. The predicted octanol–water partition coefficient (Wildman–Crippen LogP) is 4.96. The van der Waals surface area contributed by atoms with Crippen molar-refractivity contribution in [2.45, 2.75) is 32.2 Å². The van der Waals surface area contributed by atoms with Crippen LogP contribution in [0.4, 0.5) is 5.82 Å². The summed E-state index contributed by atoms with van der Waals surface area (Å²) in [6, 6.07) is 20.5. The van der Waals surface area contributed by atoms with Crippen LogP contribution in [0.3, 0.4) is 0 Å². The molecule has 0 saturated carbocycles. The molecule has 2 aromatic carbocycles. The summed E-state index contributed by atoms with van der Waals surface area (Å²) in [5, 5.41) is 20.5. The average molecular weight is 403 g/mol. The average Bonchev–Trinajstić information content (AvgIpc) is 3.16. The molecule has 31 heavy (non-hydrogen) atoms. The molecule has 5 heteroatoms. The van der Waals surface area contributed by atoms with E-state index < -0.39 is 0 Å². The van der Waals surface area contributed by atoms with E-state index in [2.05, 4.69) is 40.0 Å². The van der Waals surface area contributed by atoms with E-state index in [4.69, 9.17) is 5.73 Å². The molecular formula is C26H21N5. The van der Waals surface area contributed by atoms with Crippen molar-refractivity contribution in [2.75, 3.05) is 5.73 Å². The number of hydrogen-bond acceptors (Lipinski definition) is 4. The Labute approximate surface area is 181 Å². The number of hydrogen-bond donors (Lipinski definition) is 1. The number of para-hydroxylation sites is 1. The molecule has 0 atom stereocenters. The minimum Gasteiger partial charge on any atom is -0.383 e. The monoisotopic (exact) mass is 403 g/mol. The summed E-state index contributed by atoms with van der Waals surface area (Å²) in [7, 11) is 0. The van der Waals surface area contributed by atoms with Gasteiger partial charge in [-0.15, -0.1) is 0 Å². The van der Waals surface area contributed by atoms with E-state index in [-0.39, 0.29) is 0 Å². The molecule has 0 unspecified atom stereocenters. The fourth-order valence-corrected chi connectivity index (χ4v) is 4.70. The van der Waals surface area contributed by atoms with Gasteiger partial charge in [0, 0.05) is 40.5 Å². The molecule has 5 rings (SSSR count). The van der Waals surface area contributed by atoms with Crippen LogP contribution in [0.25, 0.3) is 22.0 Å². The Balaban J connectivity index is 1.76. The molecule has 0 aliphatic heterocycles. The fourth-order valence-electron chi connectivity index (χ4n) is 4.70. The van der Waals surface area contributed by atoms with E-state index in [0.717, 1.165) is 64.5 Å². The molecule has 4 aromatic rings. The molecule has 5 nitrogen and oxygen atoms in total. The molecule has 0 spiro atoms. The second kappa shape index (κ2) is 7.63. The standard InChI is InChI=1S/C26H21N5/c27-13-17-7-1-2-8-18(17)15-31-16-22(19-9-4-6-12-24(19)31)25-20-10-3-5-11-23(20)30-26(29)21(25)14-28/h1-2,4,6-9,12,16H,3,5,10-11,15H2,(H2,29,30). The van der Waals surface area contributed by atoms with Crippen LogP contribution in [0, 0.1) is 22.7 Å². The molecule has 0 bridgehead atoms. The summed E-state index contributed by atoms with van der Waals surface area (Å²) in [4.78, 5) is 4.56. The number of anilines is 1. The van der Waals surface area contributed by atoms with Crippen molar-refractivity contribution in [1.29, 1.82) is 10.5 Å². The zero-order valence-electron chi connectivity index (χ0n) is 17.1. The third-order valence-electron chi connectivity index (χ3n) is 6.15. The minimum absolute atomic E-state index is 0.310. The van der Waals surface area contributed by atoms with Crippen LogP contribution in [0.5, 0.6) is 0 Å². The van der Waals surface area contributed by atoms with Crippen LogP contribution >= 0.6 is 0 Å². The highest BCUT2D eigenvalue weighted by Crippen LogP contribution is 2.40. The molecule has 1 aliphatic rings. The van der Waals surface area contributed by atoms with Gasteiger partial charge in [-0.2, -0.15) is 10.5 Å². The smallest absolute Gasteiger partial charge is 0.142 e. The van der Waals surface area contributed by atoms with Gasteiger partial charge in [-0.3, -0.25) is 0 Å². The first-order chi connectivity index (χ1) is 15.2. The summed E-state index contributed by atoms with van der Waals surface area (Å²) in [5.74, 6) is 0.310. The van der Waals surface area contributed by atoms with Crippen molar-refractivity contribution < 1.29 is 0 Å². The van der Waals surface area contributed by atoms with E-state index in [9.17, 15) is 10.5 Å². The van der Waals surface area contributed by atoms with Gasteiger partial charge < -0.3 is 10.3 Å². The molecule has 2 heterocycles. The van der Waals surface area contributed by atoms with Gasteiger partial charge in [-0.25, -0.2) is 4.98 Å². The number of nitriles is 2. The number of nitrogen functional groups attached to an aromatic ring is 1. The normalized spacial score (nSPS) is 12.8.